The Morgan fingerprint density at radius 2 is 2.06 bits per heavy atom. The van der Waals surface area contributed by atoms with E-state index in [-0.39, 0.29) is 11.9 Å². The van der Waals surface area contributed by atoms with Gasteiger partial charge in [0.25, 0.3) is 0 Å². The molecule has 0 spiro atoms. The molecule has 4 heteroatoms. The summed E-state index contributed by atoms with van der Waals surface area (Å²) >= 11 is 0. The van der Waals surface area contributed by atoms with Gasteiger partial charge in [0.05, 0.1) is 18.7 Å². The zero-order chi connectivity index (χ0) is 13.6. The Morgan fingerprint density at radius 1 is 1.44 bits per heavy atom. The molecule has 1 aliphatic rings. The number of hydrogen-bond acceptors (Lipinski definition) is 3. The van der Waals surface area contributed by atoms with Crippen LogP contribution in [0.25, 0.3) is 0 Å². The van der Waals surface area contributed by atoms with Crippen molar-refractivity contribution in [1.82, 2.24) is 4.90 Å². The molecule has 1 atom stereocenters. The summed E-state index contributed by atoms with van der Waals surface area (Å²) in [7, 11) is 1.63. The van der Waals surface area contributed by atoms with Crippen molar-refractivity contribution in [1.29, 1.82) is 5.26 Å². The molecule has 0 radical (unpaired) electrons. The van der Waals surface area contributed by atoms with E-state index in [0.29, 0.717) is 26.0 Å². The summed E-state index contributed by atoms with van der Waals surface area (Å²) in [4.78, 5) is 14.4. The van der Waals surface area contributed by atoms with Crippen LogP contribution in [-0.4, -0.2) is 37.1 Å². The Balaban J connectivity index is 2.84. The normalized spacial score (nSPS) is 19.9. The molecule has 1 unspecified atom stereocenters. The predicted octanol–water partition coefficient (Wildman–Crippen LogP) is 2.34. The topological polar surface area (TPSA) is 53.3 Å². The standard InChI is InChI=1S/C14H24N2O2/c1-4-16(12(2)10-18-3)13(17)14(11-15)8-6-5-7-9-14/h12H,4-10H2,1-3H3. The molecular weight excluding hydrogens is 228 g/mol. The van der Waals surface area contributed by atoms with Gasteiger partial charge in [-0.1, -0.05) is 19.3 Å². The van der Waals surface area contributed by atoms with Gasteiger partial charge in [-0.05, 0) is 26.7 Å². The number of nitrogens with zero attached hydrogens (tertiary/aromatic N) is 2. The highest BCUT2D eigenvalue weighted by Gasteiger charge is 2.43. The number of methoxy groups -OCH3 is 1. The van der Waals surface area contributed by atoms with E-state index in [1.807, 2.05) is 13.8 Å². The van der Waals surface area contributed by atoms with Crippen LogP contribution in [0, 0.1) is 16.7 Å². The lowest BCUT2D eigenvalue weighted by Gasteiger charge is -2.37. The Kier molecular flexibility index (Phi) is 5.61. The number of amides is 1. The van der Waals surface area contributed by atoms with E-state index in [0.717, 1.165) is 19.3 Å². The molecule has 0 bridgehead atoms. The highest BCUT2D eigenvalue weighted by atomic mass is 16.5. The quantitative estimate of drug-likeness (QED) is 0.754. The van der Waals surface area contributed by atoms with Crippen LogP contribution in [-0.2, 0) is 9.53 Å². The Hall–Kier alpha value is -1.08. The average molecular weight is 252 g/mol. The average Bonchev–Trinajstić information content (AvgIpc) is 2.40. The molecule has 1 aliphatic carbocycles. The van der Waals surface area contributed by atoms with Gasteiger partial charge in [0, 0.05) is 13.7 Å². The minimum absolute atomic E-state index is 0.00301. The van der Waals surface area contributed by atoms with Crippen molar-refractivity contribution in [3.8, 4) is 6.07 Å². The summed E-state index contributed by atoms with van der Waals surface area (Å²) in [6.07, 6.45) is 4.51. The Morgan fingerprint density at radius 3 is 2.50 bits per heavy atom. The van der Waals surface area contributed by atoms with E-state index >= 15 is 0 Å². The third-order valence-corrected chi connectivity index (χ3v) is 3.87. The molecule has 0 saturated heterocycles. The van der Waals surface area contributed by atoms with Crippen molar-refractivity contribution in [3.63, 3.8) is 0 Å². The van der Waals surface area contributed by atoms with E-state index < -0.39 is 5.41 Å². The summed E-state index contributed by atoms with van der Waals surface area (Å²) in [6, 6.07) is 2.32. The van der Waals surface area contributed by atoms with Crippen LogP contribution in [0.4, 0.5) is 0 Å². The molecule has 0 aliphatic heterocycles. The number of rotatable bonds is 5. The largest absolute Gasteiger partial charge is 0.383 e. The van der Waals surface area contributed by atoms with Crippen LogP contribution in [0.1, 0.15) is 46.0 Å². The van der Waals surface area contributed by atoms with Gasteiger partial charge < -0.3 is 9.64 Å². The molecule has 1 saturated carbocycles. The molecule has 18 heavy (non-hydrogen) atoms. The molecule has 0 heterocycles. The summed E-state index contributed by atoms with van der Waals surface area (Å²) in [6.45, 7) is 5.07. The summed E-state index contributed by atoms with van der Waals surface area (Å²) in [5.41, 5.74) is -0.781. The van der Waals surface area contributed by atoms with Gasteiger partial charge in [0.15, 0.2) is 0 Å². The SMILES string of the molecule is CCN(C(=O)C1(C#N)CCCCC1)C(C)COC. The Labute approximate surface area is 110 Å². The smallest absolute Gasteiger partial charge is 0.243 e. The maximum Gasteiger partial charge on any atom is 0.243 e. The molecule has 0 N–H and O–H groups in total. The molecular formula is C14H24N2O2. The van der Waals surface area contributed by atoms with Crippen LogP contribution in [0.2, 0.25) is 0 Å². The fourth-order valence-electron chi connectivity index (χ4n) is 2.79. The minimum Gasteiger partial charge on any atom is -0.383 e. The number of likely N-dealkylation sites (N-methyl/N-ethyl adjacent to an activating group) is 1. The molecule has 0 aromatic rings. The maximum atomic E-state index is 12.6. The van der Waals surface area contributed by atoms with Crippen molar-refractivity contribution >= 4 is 5.91 Å². The first kappa shape index (κ1) is 15.0. The zero-order valence-corrected chi connectivity index (χ0v) is 11.7. The molecule has 102 valence electrons. The summed E-state index contributed by atoms with van der Waals surface area (Å²) in [5, 5.41) is 9.44. The first-order chi connectivity index (χ1) is 8.61. The van der Waals surface area contributed by atoms with Crippen molar-refractivity contribution in [2.24, 2.45) is 5.41 Å². The third-order valence-electron chi connectivity index (χ3n) is 3.87. The molecule has 1 rings (SSSR count). The lowest BCUT2D eigenvalue weighted by atomic mass is 9.74. The van der Waals surface area contributed by atoms with Gasteiger partial charge in [0.2, 0.25) is 5.91 Å². The molecule has 1 fully saturated rings. The zero-order valence-electron chi connectivity index (χ0n) is 11.7. The number of carbonyl (C=O) groups excluding carboxylic acids is 1. The third kappa shape index (κ3) is 3.02. The second-order valence-corrected chi connectivity index (χ2v) is 5.15. The van der Waals surface area contributed by atoms with Crippen LogP contribution >= 0.6 is 0 Å². The second-order valence-electron chi connectivity index (χ2n) is 5.15. The van der Waals surface area contributed by atoms with Crippen LogP contribution in [0.5, 0.6) is 0 Å². The van der Waals surface area contributed by atoms with Crippen LogP contribution < -0.4 is 0 Å². The fourth-order valence-corrected chi connectivity index (χ4v) is 2.79. The lowest BCUT2D eigenvalue weighted by molar-refractivity contribution is -0.143. The molecule has 1 amide bonds. The molecule has 0 aromatic carbocycles. The lowest BCUT2D eigenvalue weighted by Crippen LogP contribution is -2.49. The van der Waals surface area contributed by atoms with E-state index in [2.05, 4.69) is 6.07 Å². The van der Waals surface area contributed by atoms with Crippen molar-refractivity contribution in [2.45, 2.75) is 52.0 Å². The summed E-state index contributed by atoms with van der Waals surface area (Å²) in [5.74, 6) is -0.00301. The van der Waals surface area contributed by atoms with Gasteiger partial charge in [-0.25, -0.2) is 0 Å². The van der Waals surface area contributed by atoms with Gasteiger partial charge in [-0.2, -0.15) is 5.26 Å². The molecule has 0 aromatic heterocycles. The minimum atomic E-state index is -0.781. The number of ether oxygens (including phenoxy) is 1. The molecule has 4 nitrogen and oxygen atoms in total. The van der Waals surface area contributed by atoms with E-state index in [1.54, 1.807) is 12.0 Å². The van der Waals surface area contributed by atoms with Crippen molar-refractivity contribution in [2.75, 3.05) is 20.3 Å². The van der Waals surface area contributed by atoms with E-state index in [9.17, 15) is 10.1 Å². The number of hydrogen-bond donors (Lipinski definition) is 0. The van der Waals surface area contributed by atoms with Gasteiger partial charge in [0.1, 0.15) is 5.41 Å². The number of carbonyl (C=O) groups is 1. The predicted molar refractivity (Wildman–Crippen MR) is 69.9 cm³/mol. The second kappa shape index (κ2) is 6.75. The van der Waals surface area contributed by atoms with Gasteiger partial charge in [-0.15, -0.1) is 0 Å². The van der Waals surface area contributed by atoms with E-state index in [1.165, 1.54) is 0 Å². The summed E-state index contributed by atoms with van der Waals surface area (Å²) < 4.78 is 5.11. The monoisotopic (exact) mass is 252 g/mol. The number of nitriles is 1. The fraction of sp³-hybridized carbons (Fsp3) is 0.857. The van der Waals surface area contributed by atoms with Gasteiger partial charge in [-0.3, -0.25) is 4.79 Å². The van der Waals surface area contributed by atoms with Gasteiger partial charge >= 0.3 is 0 Å². The highest BCUT2D eigenvalue weighted by Crippen LogP contribution is 2.37. The Bertz CT molecular complexity index is 316. The first-order valence-corrected chi connectivity index (χ1v) is 6.82. The maximum absolute atomic E-state index is 12.6. The van der Waals surface area contributed by atoms with E-state index in [4.69, 9.17) is 4.74 Å². The van der Waals surface area contributed by atoms with Crippen molar-refractivity contribution < 1.29 is 9.53 Å². The van der Waals surface area contributed by atoms with Crippen molar-refractivity contribution in [3.05, 3.63) is 0 Å². The van der Waals surface area contributed by atoms with Crippen LogP contribution in [0.3, 0.4) is 0 Å². The van der Waals surface area contributed by atoms with Crippen LogP contribution in [0.15, 0.2) is 0 Å². The highest BCUT2D eigenvalue weighted by molar-refractivity contribution is 5.85. The first-order valence-electron chi connectivity index (χ1n) is 6.82.